The number of hydrogen-bond acceptors (Lipinski definition) is 4. The van der Waals surface area contributed by atoms with Gasteiger partial charge in [0.15, 0.2) is 5.65 Å². The van der Waals surface area contributed by atoms with Crippen molar-refractivity contribution in [3.05, 3.63) is 35.8 Å². The predicted molar refractivity (Wildman–Crippen MR) is 148 cm³/mol. The van der Waals surface area contributed by atoms with Crippen LogP contribution in [0.4, 0.5) is 0 Å². The summed E-state index contributed by atoms with van der Waals surface area (Å²) in [5.74, 6) is 4.21. The number of aromatic nitrogens is 5. The molecule has 37 heavy (non-hydrogen) atoms. The zero-order chi connectivity index (χ0) is 25.1. The van der Waals surface area contributed by atoms with E-state index in [1.807, 2.05) is 24.7 Å². The molecule has 5 nitrogen and oxygen atoms in total. The topological polar surface area (TPSA) is 67.3 Å². The van der Waals surface area contributed by atoms with E-state index < -0.39 is 0 Å². The second-order valence-electron chi connectivity index (χ2n) is 13.6. The van der Waals surface area contributed by atoms with E-state index >= 15 is 0 Å². The zero-order valence-corrected chi connectivity index (χ0v) is 22.7. The number of fused-ring (bicyclic) bond motifs is 9. The van der Waals surface area contributed by atoms with E-state index in [9.17, 15) is 0 Å². The normalized spacial score (nSPS) is 39.2. The van der Waals surface area contributed by atoms with Crippen molar-refractivity contribution in [2.75, 3.05) is 0 Å². The number of rotatable bonds is 2. The molecule has 6 fully saturated rings. The molecule has 3 heterocycles. The highest BCUT2D eigenvalue weighted by molar-refractivity contribution is 6.03. The molecule has 4 atom stereocenters. The first kappa shape index (κ1) is 22.4. The van der Waals surface area contributed by atoms with Gasteiger partial charge in [0, 0.05) is 40.5 Å². The van der Waals surface area contributed by atoms with Gasteiger partial charge in [-0.3, -0.25) is 4.98 Å². The van der Waals surface area contributed by atoms with Crippen LogP contribution in [0, 0.1) is 35.5 Å². The minimum Gasteiger partial charge on any atom is -0.358 e. The molecule has 0 saturated heterocycles. The Hall–Kier alpha value is -2.56. The Morgan fingerprint density at radius 3 is 1.92 bits per heavy atom. The SMILES string of the molecule is CC1CC2CCC1(c1c3nc4nccc4nc3c(C34CCC(CC3C)CC4C)c3[nH]ccnc13)C(C)C2. The lowest BCUT2D eigenvalue weighted by Crippen LogP contribution is -2.51. The highest BCUT2D eigenvalue weighted by Gasteiger charge is 2.56. The maximum atomic E-state index is 5.45. The second-order valence-corrected chi connectivity index (χ2v) is 13.6. The summed E-state index contributed by atoms with van der Waals surface area (Å²) >= 11 is 0. The molecular formula is C32H39N5. The molecule has 4 bridgehead atoms. The quantitative estimate of drug-likeness (QED) is 0.294. The summed E-state index contributed by atoms with van der Waals surface area (Å²) in [5, 5.41) is 0. The third kappa shape index (κ3) is 2.71. The monoisotopic (exact) mass is 493 g/mol. The lowest BCUT2D eigenvalue weighted by atomic mass is 9.47. The molecule has 1 aromatic carbocycles. The van der Waals surface area contributed by atoms with Crippen molar-refractivity contribution in [1.29, 1.82) is 0 Å². The summed E-state index contributed by atoms with van der Waals surface area (Å²) in [6.45, 7) is 10.0. The van der Waals surface area contributed by atoms with Crippen LogP contribution in [-0.2, 0) is 10.8 Å². The Bertz CT molecular complexity index is 1410. The van der Waals surface area contributed by atoms with Crippen molar-refractivity contribution in [3.8, 4) is 0 Å². The number of nitrogens with one attached hydrogen (secondary N) is 1. The van der Waals surface area contributed by atoms with Gasteiger partial charge in [0.25, 0.3) is 0 Å². The first-order chi connectivity index (χ1) is 17.9. The molecular weight excluding hydrogens is 454 g/mol. The Labute approximate surface area is 219 Å². The number of benzene rings is 1. The zero-order valence-electron chi connectivity index (χ0n) is 22.7. The predicted octanol–water partition coefficient (Wildman–Crippen LogP) is 7.48. The minimum atomic E-state index is 0.0834. The fraction of sp³-hybridized carbons (Fsp3) is 0.625. The van der Waals surface area contributed by atoms with Crippen LogP contribution in [0.1, 0.15) is 90.2 Å². The molecule has 0 radical (unpaired) electrons. The van der Waals surface area contributed by atoms with E-state index in [0.29, 0.717) is 23.7 Å². The molecule has 0 aliphatic heterocycles. The van der Waals surface area contributed by atoms with Gasteiger partial charge in [0.05, 0.1) is 22.1 Å². The summed E-state index contributed by atoms with van der Waals surface area (Å²) in [7, 11) is 0. The van der Waals surface area contributed by atoms with Gasteiger partial charge in [-0.1, -0.05) is 27.7 Å². The van der Waals surface area contributed by atoms with Crippen molar-refractivity contribution in [2.45, 2.75) is 89.9 Å². The van der Waals surface area contributed by atoms with Crippen molar-refractivity contribution < 1.29 is 0 Å². The van der Waals surface area contributed by atoms with E-state index in [2.05, 4.69) is 37.7 Å². The highest BCUT2D eigenvalue weighted by Crippen LogP contribution is 2.63. The van der Waals surface area contributed by atoms with Gasteiger partial charge >= 0.3 is 0 Å². The van der Waals surface area contributed by atoms with Gasteiger partial charge in [-0.2, -0.15) is 0 Å². The Morgan fingerprint density at radius 2 is 1.30 bits per heavy atom. The molecule has 6 saturated carbocycles. The molecule has 4 unspecified atom stereocenters. The van der Waals surface area contributed by atoms with E-state index in [-0.39, 0.29) is 10.8 Å². The number of aromatic amines is 1. The van der Waals surface area contributed by atoms with Crippen LogP contribution in [0.25, 0.3) is 33.2 Å². The van der Waals surface area contributed by atoms with Crippen LogP contribution in [0.15, 0.2) is 24.7 Å². The highest BCUT2D eigenvalue weighted by atomic mass is 14.9. The fourth-order valence-electron chi connectivity index (χ4n) is 10.6. The smallest absolute Gasteiger partial charge is 0.178 e. The molecule has 192 valence electrons. The van der Waals surface area contributed by atoms with Crippen LogP contribution in [0.3, 0.4) is 0 Å². The van der Waals surface area contributed by atoms with E-state index in [4.69, 9.17) is 15.0 Å². The molecule has 1 N–H and O–H groups in total. The Kier molecular flexibility index (Phi) is 4.55. The summed E-state index contributed by atoms with van der Waals surface area (Å²) in [4.78, 5) is 24.5. The lowest BCUT2D eigenvalue weighted by molar-refractivity contribution is 0.0180. The Balaban J connectivity index is 1.56. The van der Waals surface area contributed by atoms with Gasteiger partial charge in [-0.15, -0.1) is 0 Å². The van der Waals surface area contributed by atoms with E-state index in [1.54, 1.807) is 0 Å². The summed E-state index contributed by atoms with van der Waals surface area (Å²) in [6, 6.07) is 2.04. The van der Waals surface area contributed by atoms with E-state index in [0.717, 1.165) is 39.5 Å². The second kappa shape index (κ2) is 7.51. The standard InChI is InChI=1S/C32H39N5/c1-17-13-21-5-8-31(17,18(2)14-21)24-26-27(34-12-11-33-26)25(29-28(24)36-23-7-10-35-30(23)37-29)32-9-6-22(15-19(32)3)16-20(32)4/h7,10-12,17-22,33H,5-6,8-9,13-16H2,1-4H3. The maximum absolute atomic E-state index is 5.45. The molecule has 3 aromatic heterocycles. The molecule has 5 heteroatoms. The Morgan fingerprint density at radius 1 is 0.703 bits per heavy atom. The number of H-pyrrole nitrogens is 1. The fourth-order valence-corrected chi connectivity index (χ4v) is 10.6. The van der Waals surface area contributed by atoms with Gasteiger partial charge in [-0.05, 0) is 92.9 Å². The van der Waals surface area contributed by atoms with Crippen LogP contribution in [0.5, 0.6) is 0 Å². The lowest BCUT2D eigenvalue weighted by Gasteiger charge is -2.57. The largest absolute Gasteiger partial charge is 0.358 e. The van der Waals surface area contributed by atoms with Gasteiger partial charge in [0.2, 0.25) is 0 Å². The van der Waals surface area contributed by atoms with Crippen LogP contribution < -0.4 is 0 Å². The molecule has 0 spiro atoms. The van der Waals surface area contributed by atoms with Crippen LogP contribution in [0.2, 0.25) is 0 Å². The molecule has 6 aliphatic carbocycles. The molecule has 0 amide bonds. The van der Waals surface area contributed by atoms with Gasteiger partial charge in [0.1, 0.15) is 5.52 Å². The average Bonchev–Trinajstić information content (AvgIpc) is 3.34. The molecule has 10 rings (SSSR count). The summed E-state index contributed by atoms with van der Waals surface area (Å²) < 4.78 is 0. The summed E-state index contributed by atoms with van der Waals surface area (Å²) in [6.07, 6.45) is 16.3. The van der Waals surface area contributed by atoms with Crippen molar-refractivity contribution >= 4 is 33.2 Å². The van der Waals surface area contributed by atoms with Gasteiger partial charge < -0.3 is 4.98 Å². The van der Waals surface area contributed by atoms with Gasteiger partial charge in [-0.25, -0.2) is 15.0 Å². The van der Waals surface area contributed by atoms with Crippen molar-refractivity contribution in [1.82, 2.24) is 24.9 Å². The van der Waals surface area contributed by atoms with Crippen molar-refractivity contribution in [2.24, 2.45) is 35.5 Å². The van der Waals surface area contributed by atoms with Crippen LogP contribution in [-0.4, -0.2) is 24.9 Å². The third-order valence-electron chi connectivity index (χ3n) is 12.2. The summed E-state index contributed by atoms with van der Waals surface area (Å²) in [5.41, 5.74) is 9.30. The number of hydrogen-bond donors (Lipinski definition) is 1. The minimum absolute atomic E-state index is 0.0834. The maximum Gasteiger partial charge on any atom is 0.178 e. The number of nitrogens with zero attached hydrogens (tertiary/aromatic N) is 4. The first-order valence-electron chi connectivity index (χ1n) is 14.9. The molecule has 4 aromatic rings. The van der Waals surface area contributed by atoms with Crippen LogP contribution >= 0.6 is 0 Å². The van der Waals surface area contributed by atoms with E-state index in [1.165, 1.54) is 68.0 Å². The first-order valence-corrected chi connectivity index (χ1v) is 14.9. The van der Waals surface area contributed by atoms with Crippen molar-refractivity contribution in [3.63, 3.8) is 0 Å². The third-order valence-corrected chi connectivity index (χ3v) is 12.2. The average molecular weight is 494 g/mol. The molecule has 6 aliphatic rings.